The molecule has 0 bridgehead atoms. The van der Waals surface area contributed by atoms with Gasteiger partial charge >= 0.3 is 0 Å². The second-order valence-electron chi connectivity index (χ2n) is 8.10. The van der Waals surface area contributed by atoms with Crippen LogP contribution in [0, 0.1) is 18.7 Å². The van der Waals surface area contributed by atoms with Crippen LogP contribution in [0.5, 0.6) is 0 Å². The molecule has 2 aromatic heterocycles. The number of aryl methyl sites for hydroxylation is 1. The summed E-state index contributed by atoms with van der Waals surface area (Å²) in [4.78, 5) is 16.8. The number of piperidine rings is 1. The second kappa shape index (κ2) is 9.51. The number of halogens is 2. The number of carbonyl (C=O) groups is 1. The topological polar surface area (TPSA) is 50.2 Å². The van der Waals surface area contributed by atoms with Gasteiger partial charge in [-0.25, -0.2) is 9.07 Å². The number of hydrogen-bond acceptors (Lipinski definition) is 4. The lowest BCUT2D eigenvalue weighted by Gasteiger charge is -2.36. The number of rotatable bonds is 6. The third-order valence-corrected chi connectivity index (χ3v) is 7.21. The number of carbonyl (C=O) groups excluding carboxylic acids is 1. The second-order valence-corrected chi connectivity index (χ2v) is 9.44. The van der Waals surface area contributed by atoms with Crippen LogP contribution in [0.25, 0.3) is 5.69 Å². The van der Waals surface area contributed by atoms with Crippen LogP contribution in [0.15, 0.2) is 41.8 Å². The molecule has 0 spiro atoms. The monoisotopic (exact) mass is 460 g/mol. The Morgan fingerprint density at radius 1 is 1.29 bits per heavy atom. The van der Waals surface area contributed by atoms with Crippen LogP contribution < -0.4 is 5.32 Å². The molecule has 31 heavy (non-hydrogen) atoms. The third kappa shape index (κ3) is 4.84. The molecule has 1 aromatic carbocycles. The zero-order valence-corrected chi connectivity index (χ0v) is 19.2. The molecule has 1 fully saturated rings. The molecule has 1 N–H and O–H groups in total. The minimum atomic E-state index is -0.339. The van der Waals surface area contributed by atoms with Gasteiger partial charge in [0.15, 0.2) is 0 Å². The highest BCUT2D eigenvalue weighted by molar-refractivity contribution is 7.10. The van der Waals surface area contributed by atoms with Crippen molar-refractivity contribution in [2.75, 3.05) is 19.6 Å². The standard InChI is InChI=1S/C23H26ClFN4OS/c1-15-9-11-28(12-10-15)19(20-4-3-13-31-20)14-26-23(30)21-16(2)27-29(22(21)24)18-7-5-17(25)6-8-18/h3-8,13,15,19H,9-12,14H2,1-2H3,(H,26,30). The molecule has 3 heterocycles. The van der Waals surface area contributed by atoms with E-state index in [-0.39, 0.29) is 22.9 Å². The predicted octanol–water partition coefficient (Wildman–Crippen LogP) is 5.24. The summed E-state index contributed by atoms with van der Waals surface area (Å²) in [5.41, 5.74) is 1.49. The predicted molar refractivity (Wildman–Crippen MR) is 123 cm³/mol. The van der Waals surface area contributed by atoms with Crippen molar-refractivity contribution in [3.8, 4) is 5.69 Å². The fraction of sp³-hybridized carbons (Fsp3) is 0.391. The molecule has 0 radical (unpaired) electrons. The first-order chi connectivity index (χ1) is 14.9. The maximum absolute atomic E-state index is 13.3. The molecule has 0 aliphatic carbocycles. The zero-order chi connectivity index (χ0) is 22.0. The average Bonchev–Trinajstić information content (AvgIpc) is 3.38. The van der Waals surface area contributed by atoms with Crippen molar-refractivity contribution in [2.24, 2.45) is 5.92 Å². The lowest BCUT2D eigenvalue weighted by atomic mass is 9.97. The Labute approximate surface area is 190 Å². The minimum absolute atomic E-state index is 0.141. The van der Waals surface area contributed by atoms with Gasteiger partial charge in [-0.1, -0.05) is 24.6 Å². The summed E-state index contributed by atoms with van der Waals surface area (Å²) in [5.74, 6) is 0.157. The third-order valence-electron chi connectivity index (χ3n) is 5.89. The maximum atomic E-state index is 13.3. The van der Waals surface area contributed by atoms with Gasteiger partial charge in [-0.2, -0.15) is 5.10 Å². The molecular weight excluding hydrogens is 435 g/mol. The summed E-state index contributed by atoms with van der Waals surface area (Å²) in [6, 6.07) is 10.2. The normalized spacial score (nSPS) is 16.4. The van der Waals surface area contributed by atoms with E-state index in [0.29, 0.717) is 23.5 Å². The van der Waals surface area contributed by atoms with Gasteiger partial charge in [0, 0.05) is 11.4 Å². The molecule has 3 aromatic rings. The lowest BCUT2D eigenvalue weighted by Crippen LogP contribution is -2.41. The smallest absolute Gasteiger partial charge is 0.256 e. The van der Waals surface area contributed by atoms with Gasteiger partial charge in [-0.05, 0) is 74.5 Å². The number of thiophene rings is 1. The van der Waals surface area contributed by atoms with Gasteiger partial charge < -0.3 is 5.32 Å². The summed E-state index contributed by atoms with van der Waals surface area (Å²) in [6.45, 7) is 6.61. The number of amides is 1. The largest absolute Gasteiger partial charge is 0.350 e. The van der Waals surface area contributed by atoms with Gasteiger partial charge in [0.2, 0.25) is 0 Å². The van der Waals surface area contributed by atoms with Crippen molar-refractivity contribution >= 4 is 28.8 Å². The number of aromatic nitrogens is 2. The molecule has 1 aliphatic heterocycles. The number of benzene rings is 1. The SMILES string of the molecule is Cc1nn(-c2ccc(F)cc2)c(Cl)c1C(=O)NCC(c1cccs1)N1CCC(C)CC1. The van der Waals surface area contributed by atoms with Crippen molar-refractivity contribution in [3.05, 3.63) is 68.9 Å². The highest BCUT2D eigenvalue weighted by Gasteiger charge is 2.27. The fourth-order valence-electron chi connectivity index (χ4n) is 4.02. The Bertz CT molecular complexity index is 1030. The Kier molecular flexibility index (Phi) is 6.74. The molecular formula is C23H26ClFN4OS. The van der Waals surface area contributed by atoms with Crippen molar-refractivity contribution in [1.82, 2.24) is 20.0 Å². The highest BCUT2D eigenvalue weighted by Crippen LogP contribution is 2.30. The van der Waals surface area contributed by atoms with E-state index in [0.717, 1.165) is 19.0 Å². The molecule has 4 rings (SSSR count). The van der Waals surface area contributed by atoms with Crippen LogP contribution in [0.4, 0.5) is 4.39 Å². The molecule has 5 nitrogen and oxygen atoms in total. The first kappa shape index (κ1) is 22.0. The molecule has 1 aliphatic rings. The molecule has 1 saturated heterocycles. The van der Waals surface area contributed by atoms with Crippen LogP contribution >= 0.6 is 22.9 Å². The first-order valence-corrected chi connectivity index (χ1v) is 11.8. The highest BCUT2D eigenvalue weighted by atomic mass is 35.5. The quantitative estimate of drug-likeness (QED) is 0.547. The fourth-order valence-corrected chi connectivity index (χ4v) is 5.24. The van der Waals surface area contributed by atoms with Crippen LogP contribution in [-0.2, 0) is 0 Å². The van der Waals surface area contributed by atoms with E-state index in [1.54, 1.807) is 30.4 Å². The minimum Gasteiger partial charge on any atom is -0.350 e. The Balaban J connectivity index is 1.51. The molecule has 1 unspecified atom stereocenters. The number of nitrogens with one attached hydrogen (secondary N) is 1. The number of nitrogens with zero attached hydrogens (tertiary/aromatic N) is 3. The molecule has 164 valence electrons. The van der Waals surface area contributed by atoms with E-state index < -0.39 is 0 Å². The number of hydrogen-bond donors (Lipinski definition) is 1. The molecule has 8 heteroatoms. The summed E-state index contributed by atoms with van der Waals surface area (Å²) < 4.78 is 14.7. The van der Waals surface area contributed by atoms with E-state index in [2.05, 4.69) is 39.8 Å². The Morgan fingerprint density at radius 3 is 2.65 bits per heavy atom. The summed E-state index contributed by atoms with van der Waals surface area (Å²) >= 11 is 8.23. The molecule has 1 atom stereocenters. The zero-order valence-electron chi connectivity index (χ0n) is 17.6. The van der Waals surface area contributed by atoms with Crippen molar-refractivity contribution in [3.63, 3.8) is 0 Å². The maximum Gasteiger partial charge on any atom is 0.256 e. The van der Waals surface area contributed by atoms with Gasteiger partial charge in [0.1, 0.15) is 11.0 Å². The first-order valence-electron chi connectivity index (χ1n) is 10.5. The summed E-state index contributed by atoms with van der Waals surface area (Å²) in [7, 11) is 0. The van der Waals surface area contributed by atoms with Crippen molar-refractivity contribution in [2.45, 2.75) is 32.7 Å². The van der Waals surface area contributed by atoms with Crippen LogP contribution in [-0.4, -0.2) is 40.2 Å². The van der Waals surface area contributed by atoms with Gasteiger partial charge in [0.25, 0.3) is 5.91 Å². The Morgan fingerprint density at radius 2 is 2.00 bits per heavy atom. The van der Waals surface area contributed by atoms with E-state index in [4.69, 9.17) is 11.6 Å². The van der Waals surface area contributed by atoms with Gasteiger partial charge in [0.05, 0.1) is 23.0 Å². The lowest BCUT2D eigenvalue weighted by molar-refractivity contribution is 0.0914. The summed E-state index contributed by atoms with van der Waals surface area (Å²) in [6.07, 6.45) is 2.34. The van der Waals surface area contributed by atoms with E-state index in [1.807, 2.05) is 0 Å². The van der Waals surface area contributed by atoms with Crippen LogP contribution in [0.3, 0.4) is 0 Å². The molecule has 1 amide bonds. The average molecular weight is 461 g/mol. The van der Waals surface area contributed by atoms with Crippen LogP contribution in [0.1, 0.15) is 46.7 Å². The summed E-state index contributed by atoms with van der Waals surface area (Å²) in [5, 5.41) is 9.78. The van der Waals surface area contributed by atoms with Gasteiger partial charge in [-0.15, -0.1) is 11.3 Å². The van der Waals surface area contributed by atoms with Gasteiger partial charge in [-0.3, -0.25) is 9.69 Å². The van der Waals surface area contributed by atoms with E-state index in [9.17, 15) is 9.18 Å². The molecule has 0 saturated carbocycles. The van der Waals surface area contributed by atoms with Crippen molar-refractivity contribution in [1.29, 1.82) is 0 Å². The Hall–Kier alpha value is -2.22. The number of likely N-dealkylation sites (tertiary alicyclic amines) is 1. The van der Waals surface area contributed by atoms with Crippen LogP contribution in [0.2, 0.25) is 5.15 Å². The van der Waals surface area contributed by atoms with E-state index in [1.165, 1.54) is 34.5 Å². The van der Waals surface area contributed by atoms with Crippen molar-refractivity contribution < 1.29 is 9.18 Å². The van der Waals surface area contributed by atoms with E-state index >= 15 is 0 Å².